The lowest BCUT2D eigenvalue weighted by atomic mass is 10.1. The van der Waals surface area contributed by atoms with E-state index in [1.807, 2.05) is 0 Å². The van der Waals surface area contributed by atoms with Crippen LogP contribution >= 0.6 is 10.7 Å². The number of nitriles is 1. The number of hydrogen-bond acceptors (Lipinski definition) is 3. The summed E-state index contributed by atoms with van der Waals surface area (Å²) in [7, 11) is 0.540. The van der Waals surface area contributed by atoms with E-state index in [0.29, 0.717) is 12.1 Å². The van der Waals surface area contributed by atoms with Crippen molar-refractivity contribution in [1.29, 1.82) is 5.26 Å². The van der Waals surface area contributed by atoms with Gasteiger partial charge >= 0.3 is 6.18 Å². The summed E-state index contributed by atoms with van der Waals surface area (Å²) in [4.78, 5) is -0.841. The number of rotatable bonds is 1. The lowest BCUT2D eigenvalue weighted by molar-refractivity contribution is -0.137. The Balaban J connectivity index is 3.54. The minimum atomic E-state index is -4.69. The molecule has 1 aromatic rings. The summed E-state index contributed by atoms with van der Waals surface area (Å²) in [6.07, 6.45) is -4.69. The zero-order valence-corrected chi connectivity index (χ0v) is 8.99. The number of hydrogen-bond donors (Lipinski definition) is 0. The van der Waals surface area contributed by atoms with Gasteiger partial charge in [-0.25, -0.2) is 8.42 Å². The van der Waals surface area contributed by atoms with Gasteiger partial charge in [0.1, 0.15) is 11.0 Å². The molecular weight excluding hydrogens is 267 g/mol. The first-order valence-corrected chi connectivity index (χ1v) is 6.03. The number of benzene rings is 1. The average Bonchev–Trinajstić information content (AvgIpc) is 2.14. The van der Waals surface area contributed by atoms with Crippen molar-refractivity contribution >= 4 is 19.7 Å². The molecule has 0 unspecified atom stereocenters. The Bertz CT molecular complexity index is 560. The van der Waals surface area contributed by atoms with Crippen LogP contribution in [0.5, 0.6) is 0 Å². The van der Waals surface area contributed by atoms with Gasteiger partial charge in [0.05, 0.1) is 11.1 Å². The van der Waals surface area contributed by atoms with Gasteiger partial charge in [-0.3, -0.25) is 0 Å². The molecule has 0 aliphatic rings. The third kappa shape index (κ3) is 2.65. The van der Waals surface area contributed by atoms with Crippen molar-refractivity contribution in [3.63, 3.8) is 0 Å². The molecule has 86 valence electrons. The predicted octanol–water partition coefficient (Wildman–Crippen LogP) is 2.50. The minimum Gasteiger partial charge on any atom is -0.207 e. The van der Waals surface area contributed by atoms with Gasteiger partial charge in [0.2, 0.25) is 0 Å². The van der Waals surface area contributed by atoms with Crippen LogP contribution in [0, 0.1) is 11.3 Å². The summed E-state index contributed by atoms with van der Waals surface area (Å²) in [5.74, 6) is 0. The van der Waals surface area contributed by atoms with Gasteiger partial charge in [0.15, 0.2) is 0 Å². The fraction of sp³-hybridized carbons (Fsp3) is 0.125. The molecule has 0 amide bonds. The summed E-state index contributed by atoms with van der Waals surface area (Å²) in [6, 6.07) is 3.16. The van der Waals surface area contributed by atoms with Gasteiger partial charge in [-0.1, -0.05) is 0 Å². The predicted molar refractivity (Wildman–Crippen MR) is 49.2 cm³/mol. The number of halogens is 4. The van der Waals surface area contributed by atoms with Crippen molar-refractivity contribution in [1.82, 2.24) is 0 Å². The lowest BCUT2D eigenvalue weighted by Gasteiger charge is -2.08. The van der Waals surface area contributed by atoms with Crippen molar-refractivity contribution in [2.45, 2.75) is 11.1 Å². The molecule has 8 heteroatoms. The van der Waals surface area contributed by atoms with Crippen LogP contribution in [0.25, 0.3) is 0 Å². The Morgan fingerprint density at radius 2 is 1.88 bits per heavy atom. The van der Waals surface area contributed by atoms with Gasteiger partial charge < -0.3 is 0 Å². The first-order chi connectivity index (χ1) is 7.16. The fourth-order valence-electron chi connectivity index (χ4n) is 0.993. The van der Waals surface area contributed by atoms with Crippen LogP contribution in [0.3, 0.4) is 0 Å². The first kappa shape index (κ1) is 12.8. The molecule has 0 radical (unpaired) electrons. The summed E-state index contributed by atoms with van der Waals surface area (Å²) in [5.41, 5.74) is -1.60. The first-order valence-electron chi connectivity index (χ1n) is 3.72. The Morgan fingerprint density at radius 1 is 1.31 bits per heavy atom. The van der Waals surface area contributed by atoms with E-state index in [9.17, 15) is 21.6 Å². The van der Waals surface area contributed by atoms with E-state index in [0.717, 1.165) is 6.07 Å². The second-order valence-electron chi connectivity index (χ2n) is 2.76. The third-order valence-electron chi connectivity index (χ3n) is 1.69. The molecule has 0 atom stereocenters. The van der Waals surface area contributed by atoms with Gasteiger partial charge in [0, 0.05) is 10.7 Å². The SMILES string of the molecule is N#Cc1ccc(C(F)(F)F)cc1S(=O)(=O)Cl. The molecule has 0 aliphatic carbocycles. The van der Waals surface area contributed by atoms with Gasteiger partial charge in [0.25, 0.3) is 9.05 Å². The molecule has 1 rings (SSSR count). The molecule has 0 saturated carbocycles. The van der Waals surface area contributed by atoms with Gasteiger partial charge in [-0.2, -0.15) is 18.4 Å². The maximum Gasteiger partial charge on any atom is 0.416 e. The maximum atomic E-state index is 12.3. The highest BCUT2D eigenvalue weighted by Gasteiger charge is 2.32. The van der Waals surface area contributed by atoms with Gasteiger partial charge in [-0.05, 0) is 18.2 Å². The van der Waals surface area contributed by atoms with E-state index < -0.39 is 31.2 Å². The lowest BCUT2D eigenvalue weighted by Crippen LogP contribution is -2.07. The summed E-state index contributed by atoms with van der Waals surface area (Å²) < 4.78 is 58.7. The summed E-state index contributed by atoms with van der Waals surface area (Å²) in [5, 5.41) is 8.52. The van der Waals surface area contributed by atoms with Crippen LogP contribution in [0.4, 0.5) is 13.2 Å². The van der Waals surface area contributed by atoms with Crippen LogP contribution in [0.15, 0.2) is 23.1 Å². The normalized spacial score (nSPS) is 12.2. The van der Waals surface area contributed by atoms with Crippen LogP contribution in [0.1, 0.15) is 11.1 Å². The van der Waals surface area contributed by atoms with Crippen molar-refractivity contribution in [3.8, 4) is 6.07 Å². The minimum absolute atomic E-state index is 0.334. The molecule has 0 aromatic heterocycles. The molecule has 0 N–H and O–H groups in total. The molecule has 0 spiro atoms. The number of alkyl halides is 3. The van der Waals surface area contributed by atoms with Crippen molar-refractivity contribution < 1.29 is 21.6 Å². The topological polar surface area (TPSA) is 57.9 Å². The van der Waals surface area contributed by atoms with Crippen molar-refractivity contribution in [2.24, 2.45) is 0 Å². The van der Waals surface area contributed by atoms with Crippen LogP contribution in [-0.2, 0) is 15.2 Å². The highest BCUT2D eigenvalue weighted by molar-refractivity contribution is 8.13. The fourth-order valence-corrected chi connectivity index (χ4v) is 2.02. The van der Waals surface area contributed by atoms with Crippen LogP contribution in [-0.4, -0.2) is 8.42 Å². The van der Waals surface area contributed by atoms with E-state index in [1.165, 1.54) is 6.07 Å². The molecule has 1 aromatic carbocycles. The zero-order valence-electron chi connectivity index (χ0n) is 7.42. The smallest absolute Gasteiger partial charge is 0.207 e. The average molecular weight is 270 g/mol. The summed E-state index contributed by atoms with van der Waals surface area (Å²) in [6.45, 7) is 0. The second kappa shape index (κ2) is 3.96. The molecule has 0 bridgehead atoms. The molecule has 0 fully saturated rings. The van der Waals surface area contributed by atoms with E-state index in [2.05, 4.69) is 0 Å². The molecule has 0 heterocycles. The summed E-state index contributed by atoms with van der Waals surface area (Å²) >= 11 is 0. The monoisotopic (exact) mass is 269 g/mol. The standard InChI is InChI=1S/C8H3ClF3NO2S/c9-16(14,15)7-3-6(8(10,11)12)2-1-5(7)4-13/h1-3H. The molecule has 0 aliphatic heterocycles. The third-order valence-corrected chi connectivity index (χ3v) is 3.05. The van der Waals surface area contributed by atoms with Gasteiger partial charge in [-0.15, -0.1) is 0 Å². The molecule has 16 heavy (non-hydrogen) atoms. The highest BCUT2D eigenvalue weighted by Crippen LogP contribution is 2.32. The Labute approximate surface area is 93.5 Å². The Kier molecular flexibility index (Phi) is 3.17. The number of nitrogens with zero attached hydrogens (tertiary/aromatic N) is 1. The molecule has 3 nitrogen and oxygen atoms in total. The van der Waals surface area contributed by atoms with E-state index in [4.69, 9.17) is 15.9 Å². The van der Waals surface area contributed by atoms with Crippen molar-refractivity contribution in [3.05, 3.63) is 29.3 Å². The van der Waals surface area contributed by atoms with E-state index >= 15 is 0 Å². The van der Waals surface area contributed by atoms with E-state index in [1.54, 1.807) is 0 Å². The second-order valence-corrected chi connectivity index (χ2v) is 5.29. The highest BCUT2D eigenvalue weighted by atomic mass is 35.7. The van der Waals surface area contributed by atoms with Crippen LogP contribution in [0.2, 0.25) is 0 Å². The van der Waals surface area contributed by atoms with Crippen molar-refractivity contribution in [2.75, 3.05) is 0 Å². The maximum absolute atomic E-state index is 12.3. The molecular formula is C8H3ClF3NO2S. The molecule has 0 saturated heterocycles. The Hall–Kier alpha value is -1.26. The van der Waals surface area contributed by atoms with Crippen LogP contribution < -0.4 is 0 Å². The quantitative estimate of drug-likeness (QED) is 0.736. The van der Waals surface area contributed by atoms with E-state index in [-0.39, 0.29) is 0 Å². The largest absolute Gasteiger partial charge is 0.416 e. The Morgan fingerprint density at radius 3 is 2.25 bits per heavy atom. The zero-order chi connectivity index (χ0) is 12.6.